The van der Waals surface area contributed by atoms with Crippen LogP contribution in [-0.4, -0.2) is 84.7 Å². The maximum Gasteiger partial charge on any atom is 0.119 e. The van der Waals surface area contributed by atoms with Crippen LogP contribution in [0.25, 0.3) is 0 Å². The Balaban J connectivity index is 1.02. The molecule has 4 fully saturated rings. The molecule has 6 atom stereocenters. The molecule has 4 bridgehead atoms. The zero-order valence-corrected chi connectivity index (χ0v) is 24.7. The van der Waals surface area contributed by atoms with E-state index in [1.165, 1.54) is 25.7 Å². The van der Waals surface area contributed by atoms with Gasteiger partial charge in [0.25, 0.3) is 0 Å². The number of hydrogen-bond acceptors (Lipinski definition) is 6. The predicted molar refractivity (Wildman–Crippen MR) is 152 cm³/mol. The highest BCUT2D eigenvalue weighted by molar-refractivity contribution is 5.31. The van der Waals surface area contributed by atoms with Gasteiger partial charge in [0, 0.05) is 39.3 Å². The fraction of sp³-hybridized carbons (Fsp3) is 0.812. The molecule has 1 aromatic rings. The minimum absolute atomic E-state index is 0.284. The van der Waals surface area contributed by atoms with Crippen molar-refractivity contribution in [3.63, 3.8) is 0 Å². The quantitative estimate of drug-likeness (QED) is 0.460. The number of nitrogens with zero attached hydrogens (tertiary/aromatic N) is 2. The molecule has 6 heteroatoms. The maximum atomic E-state index is 10.7. The van der Waals surface area contributed by atoms with Crippen molar-refractivity contribution in [2.24, 2.45) is 33.5 Å². The minimum Gasteiger partial charge on any atom is -0.491 e. The molecule has 2 N–H and O–H groups in total. The first-order valence-corrected chi connectivity index (χ1v) is 15.0. The van der Waals surface area contributed by atoms with Crippen LogP contribution in [0.4, 0.5) is 0 Å². The number of β-amino-alcohol motifs (C(OH)–C–C–N with tert-alkyl or cyclic N) is 2. The summed E-state index contributed by atoms with van der Waals surface area (Å²) in [4.78, 5) is 4.88. The van der Waals surface area contributed by atoms with Gasteiger partial charge < -0.3 is 19.7 Å². The Bertz CT molecular complexity index is 888. The first kappa shape index (κ1) is 28.2. The van der Waals surface area contributed by atoms with Gasteiger partial charge >= 0.3 is 0 Å². The van der Waals surface area contributed by atoms with E-state index in [1.807, 2.05) is 24.3 Å². The van der Waals surface area contributed by atoms with Gasteiger partial charge in [0.2, 0.25) is 0 Å². The largest absolute Gasteiger partial charge is 0.491 e. The van der Waals surface area contributed by atoms with Gasteiger partial charge in [-0.05, 0) is 83.4 Å². The number of aliphatic hydroxyl groups is 2. The summed E-state index contributed by atoms with van der Waals surface area (Å²) < 4.78 is 11.8. The maximum absolute atomic E-state index is 10.7. The SMILES string of the molecule is CC1(C)[C@H]2CC[C@@]1(C)CN(C[C@@H](O)COc1ccc(OC[C@H](O)CN3C[C@H]4CC[C@](C)(C3)C4(C)C)cc1)C2. The molecule has 5 rings (SSSR count). The average molecular weight is 529 g/mol. The Hall–Kier alpha value is -1.34. The number of aliphatic hydroxyl groups excluding tert-OH is 2. The Labute approximate surface area is 230 Å². The van der Waals surface area contributed by atoms with Crippen LogP contribution in [-0.2, 0) is 0 Å². The number of fused-ring (bicyclic) bond motifs is 4. The van der Waals surface area contributed by atoms with E-state index >= 15 is 0 Å². The Morgan fingerprint density at radius 2 is 1.08 bits per heavy atom. The van der Waals surface area contributed by atoms with E-state index in [9.17, 15) is 10.2 Å². The standard InChI is InChI=1S/C32H52N2O4/c1-29(2)23-11-13-31(29,5)21-33(15-23)17-25(35)19-37-27-7-9-28(10-8-27)38-20-26(36)18-34-16-24-12-14-32(6,22-34)30(24,3)4/h7-10,23-26,35-36H,11-22H2,1-6H3/t23-,24+,25-,26-,31-,32+/m1/s1. The Morgan fingerprint density at radius 1 is 0.711 bits per heavy atom. The van der Waals surface area contributed by atoms with Crippen molar-refractivity contribution < 1.29 is 19.7 Å². The van der Waals surface area contributed by atoms with E-state index in [0.29, 0.717) is 46.6 Å². The number of benzene rings is 1. The Kier molecular flexibility index (Phi) is 7.60. The van der Waals surface area contributed by atoms with Crippen LogP contribution in [0.1, 0.15) is 67.2 Å². The summed E-state index contributed by atoms with van der Waals surface area (Å²) in [6, 6.07) is 7.52. The van der Waals surface area contributed by atoms with Gasteiger partial charge in [0.15, 0.2) is 0 Å². The molecule has 0 unspecified atom stereocenters. The molecule has 0 spiro atoms. The van der Waals surface area contributed by atoms with Crippen molar-refractivity contribution in [2.75, 3.05) is 52.5 Å². The third kappa shape index (κ3) is 5.23. The lowest BCUT2D eigenvalue weighted by Crippen LogP contribution is -2.54. The van der Waals surface area contributed by atoms with Crippen molar-refractivity contribution in [1.82, 2.24) is 9.80 Å². The number of likely N-dealkylation sites (tertiary alicyclic amines) is 2. The van der Waals surface area contributed by atoms with Crippen LogP contribution in [0.5, 0.6) is 11.5 Å². The van der Waals surface area contributed by atoms with Crippen molar-refractivity contribution in [2.45, 2.75) is 79.4 Å². The molecule has 6 nitrogen and oxygen atoms in total. The van der Waals surface area contributed by atoms with Crippen molar-refractivity contribution in [1.29, 1.82) is 0 Å². The summed E-state index contributed by atoms with van der Waals surface area (Å²) in [6.45, 7) is 20.7. The normalized spacial score (nSPS) is 35.7. The highest BCUT2D eigenvalue weighted by Gasteiger charge is 2.56. The molecule has 2 aliphatic heterocycles. The molecule has 0 amide bonds. The predicted octanol–water partition coefficient (Wildman–Crippen LogP) is 4.68. The van der Waals surface area contributed by atoms with Crippen LogP contribution < -0.4 is 9.47 Å². The third-order valence-electron chi connectivity index (χ3n) is 12.0. The topological polar surface area (TPSA) is 65.4 Å². The minimum atomic E-state index is -0.511. The molecule has 0 radical (unpaired) electrons. The van der Waals surface area contributed by atoms with Gasteiger partial charge in [-0.15, -0.1) is 0 Å². The Morgan fingerprint density at radius 3 is 1.42 bits per heavy atom. The molecular weight excluding hydrogens is 476 g/mol. The summed E-state index contributed by atoms with van der Waals surface area (Å²) in [5.41, 5.74) is 1.44. The molecule has 4 aliphatic rings. The van der Waals surface area contributed by atoms with Gasteiger partial charge in [0.05, 0.1) is 0 Å². The molecular formula is C32H52N2O4. The smallest absolute Gasteiger partial charge is 0.119 e. The summed E-state index contributed by atoms with van der Waals surface area (Å²) in [5.74, 6) is 2.88. The van der Waals surface area contributed by atoms with E-state index in [-0.39, 0.29) is 13.2 Å². The highest BCUT2D eigenvalue weighted by Crippen LogP contribution is 2.59. The molecule has 2 heterocycles. The fourth-order valence-electron chi connectivity index (χ4n) is 8.28. The lowest BCUT2D eigenvalue weighted by molar-refractivity contribution is -0.0381. The van der Waals surface area contributed by atoms with E-state index in [4.69, 9.17) is 9.47 Å². The van der Waals surface area contributed by atoms with Crippen LogP contribution in [0, 0.1) is 33.5 Å². The van der Waals surface area contributed by atoms with Gasteiger partial charge in [-0.1, -0.05) is 41.5 Å². The fourth-order valence-corrected chi connectivity index (χ4v) is 8.28. The van der Waals surface area contributed by atoms with E-state index in [2.05, 4.69) is 51.3 Å². The van der Waals surface area contributed by atoms with Crippen molar-refractivity contribution in [3.05, 3.63) is 24.3 Å². The van der Waals surface area contributed by atoms with Gasteiger partial charge in [-0.25, -0.2) is 0 Å². The zero-order chi connectivity index (χ0) is 27.3. The first-order chi connectivity index (χ1) is 17.8. The second-order valence-corrected chi connectivity index (χ2v) is 14.8. The van der Waals surface area contributed by atoms with Crippen LogP contribution in [0.15, 0.2) is 24.3 Å². The van der Waals surface area contributed by atoms with Crippen LogP contribution >= 0.6 is 0 Å². The lowest BCUT2D eigenvalue weighted by atomic mass is 9.63. The molecule has 2 saturated carbocycles. The second-order valence-electron chi connectivity index (χ2n) is 14.8. The zero-order valence-electron chi connectivity index (χ0n) is 24.7. The molecule has 214 valence electrons. The molecule has 2 aliphatic carbocycles. The summed E-state index contributed by atoms with van der Waals surface area (Å²) in [6.07, 6.45) is 4.15. The molecule has 2 saturated heterocycles. The molecule has 1 aromatic carbocycles. The third-order valence-corrected chi connectivity index (χ3v) is 12.0. The van der Waals surface area contributed by atoms with Crippen molar-refractivity contribution in [3.8, 4) is 11.5 Å². The van der Waals surface area contributed by atoms with Gasteiger partial charge in [-0.2, -0.15) is 0 Å². The highest BCUT2D eigenvalue weighted by atomic mass is 16.5. The number of rotatable bonds is 10. The first-order valence-electron chi connectivity index (χ1n) is 15.0. The van der Waals surface area contributed by atoms with Crippen LogP contribution in [0.3, 0.4) is 0 Å². The number of ether oxygens (including phenoxy) is 2. The number of hydrogen-bond donors (Lipinski definition) is 2. The van der Waals surface area contributed by atoms with Gasteiger partial charge in [-0.3, -0.25) is 9.80 Å². The van der Waals surface area contributed by atoms with E-state index in [0.717, 1.165) is 37.7 Å². The lowest BCUT2D eigenvalue weighted by Gasteiger charge is -2.50. The van der Waals surface area contributed by atoms with Crippen molar-refractivity contribution >= 4 is 0 Å². The van der Waals surface area contributed by atoms with Crippen LogP contribution in [0.2, 0.25) is 0 Å². The summed E-state index contributed by atoms with van der Waals surface area (Å²) in [5, 5.41) is 21.3. The average Bonchev–Trinajstić information content (AvgIpc) is 3.05. The van der Waals surface area contributed by atoms with E-state index < -0.39 is 12.2 Å². The molecule has 0 aromatic heterocycles. The molecule has 38 heavy (non-hydrogen) atoms. The monoisotopic (exact) mass is 528 g/mol. The van der Waals surface area contributed by atoms with Gasteiger partial charge in [0.1, 0.15) is 36.9 Å². The second kappa shape index (κ2) is 10.2. The summed E-state index contributed by atoms with van der Waals surface area (Å²) >= 11 is 0. The van der Waals surface area contributed by atoms with E-state index in [1.54, 1.807) is 0 Å². The number of piperidine rings is 2. The summed E-state index contributed by atoms with van der Waals surface area (Å²) in [7, 11) is 0.